The first-order valence-electron chi connectivity index (χ1n) is 6.52. The van der Waals surface area contributed by atoms with E-state index in [2.05, 4.69) is 19.2 Å². The van der Waals surface area contributed by atoms with Gasteiger partial charge in [-0.3, -0.25) is 4.79 Å². The minimum absolute atomic E-state index is 0.272. The Bertz CT molecular complexity index is 181. The molecule has 0 aliphatic heterocycles. The molecule has 1 amide bonds. The molecule has 0 heterocycles. The Morgan fingerprint density at radius 3 is 2.40 bits per heavy atom. The van der Waals surface area contributed by atoms with Gasteiger partial charge in [0.25, 0.3) is 0 Å². The molecule has 1 saturated carbocycles. The van der Waals surface area contributed by atoms with Crippen molar-refractivity contribution < 1.29 is 4.79 Å². The highest BCUT2D eigenvalue weighted by Crippen LogP contribution is 2.27. The minimum atomic E-state index is 0.272. The van der Waals surface area contributed by atoms with E-state index in [0.29, 0.717) is 11.8 Å². The molecule has 1 rings (SSSR count). The van der Waals surface area contributed by atoms with Gasteiger partial charge in [0.2, 0.25) is 5.91 Å². The van der Waals surface area contributed by atoms with Gasteiger partial charge < -0.3 is 5.32 Å². The predicted octanol–water partition coefficient (Wildman–Crippen LogP) is 3.12. The molecule has 0 spiro atoms. The molecule has 1 aliphatic carbocycles. The van der Waals surface area contributed by atoms with E-state index in [1.807, 2.05) is 0 Å². The van der Waals surface area contributed by atoms with Crippen molar-refractivity contribution in [2.24, 2.45) is 11.8 Å². The summed E-state index contributed by atoms with van der Waals surface area (Å²) in [5, 5.41) is 3.07. The van der Waals surface area contributed by atoms with E-state index in [-0.39, 0.29) is 5.91 Å². The van der Waals surface area contributed by atoms with Crippen LogP contribution in [0, 0.1) is 11.8 Å². The van der Waals surface area contributed by atoms with Crippen LogP contribution in [0.2, 0.25) is 0 Å². The number of carbonyl (C=O) groups excluding carboxylic acids is 1. The quantitative estimate of drug-likeness (QED) is 0.718. The van der Waals surface area contributed by atoms with Crippen molar-refractivity contribution in [2.75, 3.05) is 6.54 Å². The summed E-state index contributed by atoms with van der Waals surface area (Å²) < 4.78 is 0. The fraction of sp³-hybridized carbons (Fsp3) is 0.923. The summed E-state index contributed by atoms with van der Waals surface area (Å²) in [5.74, 6) is 1.61. The fourth-order valence-electron chi connectivity index (χ4n) is 2.38. The zero-order valence-electron chi connectivity index (χ0n) is 10.2. The van der Waals surface area contributed by atoms with E-state index < -0.39 is 0 Å². The van der Waals surface area contributed by atoms with Crippen LogP contribution in [0.25, 0.3) is 0 Å². The normalized spacial score (nSPS) is 17.3. The van der Waals surface area contributed by atoms with Crippen LogP contribution in [0.5, 0.6) is 0 Å². The number of amides is 1. The van der Waals surface area contributed by atoms with Gasteiger partial charge in [0.15, 0.2) is 0 Å². The van der Waals surface area contributed by atoms with Gasteiger partial charge in [-0.2, -0.15) is 0 Å². The molecule has 0 atom stereocenters. The molecule has 0 aromatic rings. The molecule has 0 bridgehead atoms. The van der Waals surface area contributed by atoms with Crippen molar-refractivity contribution in [2.45, 2.75) is 58.8 Å². The summed E-state index contributed by atoms with van der Waals surface area (Å²) in [4.78, 5) is 11.6. The van der Waals surface area contributed by atoms with E-state index in [0.717, 1.165) is 13.0 Å². The molecule has 1 N–H and O–H groups in total. The lowest BCUT2D eigenvalue weighted by Crippen LogP contribution is -2.29. The summed E-state index contributed by atoms with van der Waals surface area (Å²) in [6, 6.07) is 0. The van der Waals surface area contributed by atoms with E-state index in [1.165, 1.54) is 38.5 Å². The second kappa shape index (κ2) is 6.86. The van der Waals surface area contributed by atoms with Gasteiger partial charge in [-0.1, -0.05) is 39.5 Å². The number of hydrogen-bond acceptors (Lipinski definition) is 1. The first-order valence-corrected chi connectivity index (χ1v) is 6.52. The fourth-order valence-corrected chi connectivity index (χ4v) is 2.38. The Morgan fingerprint density at radius 1 is 1.27 bits per heavy atom. The third kappa shape index (κ3) is 4.67. The standard InChI is InChI=1S/C13H25NO/c1-3-11(4-2)10-14-13(15)9-12-7-5-6-8-12/h11-12H,3-10H2,1-2H3,(H,14,15). The number of hydrogen-bond donors (Lipinski definition) is 1. The molecule has 1 aliphatic rings. The highest BCUT2D eigenvalue weighted by atomic mass is 16.1. The monoisotopic (exact) mass is 211 g/mol. The molecule has 88 valence electrons. The second-order valence-corrected chi connectivity index (χ2v) is 4.84. The third-order valence-corrected chi connectivity index (χ3v) is 3.69. The van der Waals surface area contributed by atoms with Gasteiger partial charge in [-0.25, -0.2) is 0 Å². The lowest BCUT2D eigenvalue weighted by atomic mass is 10.0. The van der Waals surface area contributed by atoms with Crippen molar-refractivity contribution in [3.8, 4) is 0 Å². The summed E-state index contributed by atoms with van der Waals surface area (Å²) in [6.45, 7) is 5.26. The van der Waals surface area contributed by atoms with E-state index >= 15 is 0 Å². The van der Waals surface area contributed by atoms with Gasteiger partial charge in [-0.05, 0) is 24.7 Å². The van der Waals surface area contributed by atoms with Gasteiger partial charge in [0.1, 0.15) is 0 Å². The second-order valence-electron chi connectivity index (χ2n) is 4.84. The molecular weight excluding hydrogens is 186 g/mol. The molecule has 2 heteroatoms. The molecule has 0 unspecified atom stereocenters. The third-order valence-electron chi connectivity index (χ3n) is 3.69. The molecular formula is C13H25NO. The van der Waals surface area contributed by atoms with Gasteiger partial charge >= 0.3 is 0 Å². The van der Waals surface area contributed by atoms with E-state index in [9.17, 15) is 4.79 Å². The van der Waals surface area contributed by atoms with Gasteiger partial charge in [0, 0.05) is 13.0 Å². The Labute approximate surface area is 93.8 Å². The van der Waals surface area contributed by atoms with Crippen LogP contribution >= 0.6 is 0 Å². The summed E-state index contributed by atoms with van der Waals surface area (Å²) in [7, 11) is 0. The Hall–Kier alpha value is -0.530. The lowest BCUT2D eigenvalue weighted by molar-refractivity contribution is -0.122. The van der Waals surface area contributed by atoms with Crippen molar-refractivity contribution in [1.29, 1.82) is 0 Å². The van der Waals surface area contributed by atoms with E-state index in [4.69, 9.17) is 0 Å². The smallest absolute Gasteiger partial charge is 0.220 e. The van der Waals surface area contributed by atoms with Crippen LogP contribution in [0.1, 0.15) is 58.8 Å². The highest BCUT2D eigenvalue weighted by Gasteiger charge is 2.18. The van der Waals surface area contributed by atoms with Crippen molar-refractivity contribution in [3.63, 3.8) is 0 Å². The average molecular weight is 211 g/mol. The molecule has 1 fully saturated rings. The SMILES string of the molecule is CCC(CC)CNC(=O)CC1CCCC1. The molecule has 15 heavy (non-hydrogen) atoms. The Morgan fingerprint density at radius 2 is 1.87 bits per heavy atom. The van der Waals surface area contributed by atoms with Crippen LogP contribution in [-0.4, -0.2) is 12.5 Å². The van der Waals surface area contributed by atoms with Crippen molar-refractivity contribution >= 4 is 5.91 Å². The van der Waals surface area contributed by atoms with Crippen LogP contribution in [-0.2, 0) is 4.79 Å². The van der Waals surface area contributed by atoms with Crippen molar-refractivity contribution in [3.05, 3.63) is 0 Å². The summed E-state index contributed by atoms with van der Waals surface area (Å²) >= 11 is 0. The zero-order valence-corrected chi connectivity index (χ0v) is 10.2. The molecule has 0 saturated heterocycles. The van der Waals surface area contributed by atoms with Crippen LogP contribution in [0.4, 0.5) is 0 Å². The Kier molecular flexibility index (Phi) is 5.74. The molecule has 0 aromatic carbocycles. The zero-order chi connectivity index (χ0) is 11.1. The van der Waals surface area contributed by atoms with Crippen LogP contribution in [0.3, 0.4) is 0 Å². The van der Waals surface area contributed by atoms with E-state index in [1.54, 1.807) is 0 Å². The van der Waals surface area contributed by atoms with Gasteiger partial charge in [0.05, 0.1) is 0 Å². The number of nitrogens with one attached hydrogen (secondary N) is 1. The number of carbonyl (C=O) groups is 1. The Balaban J connectivity index is 2.12. The first kappa shape index (κ1) is 12.5. The maximum Gasteiger partial charge on any atom is 0.220 e. The van der Waals surface area contributed by atoms with Gasteiger partial charge in [-0.15, -0.1) is 0 Å². The maximum atomic E-state index is 11.6. The largest absolute Gasteiger partial charge is 0.356 e. The average Bonchev–Trinajstić information content (AvgIpc) is 2.72. The topological polar surface area (TPSA) is 29.1 Å². The summed E-state index contributed by atoms with van der Waals surface area (Å²) in [5.41, 5.74) is 0. The summed E-state index contributed by atoms with van der Waals surface area (Å²) in [6.07, 6.45) is 8.27. The molecule has 0 aromatic heterocycles. The predicted molar refractivity (Wildman–Crippen MR) is 63.7 cm³/mol. The minimum Gasteiger partial charge on any atom is -0.356 e. The molecule has 2 nitrogen and oxygen atoms in total. The highest BCUT2D eigenvalue weighted by molar-refractivity contribution is 5.76. The van der Waals surface area contributed by atoms with Crippen LogP contribution < -0.4 is 5.32 Å². The lowest BCUT2D eigenvalue weighted by Gasteiger charge is -2.14. The maximum absolute atomic E-state index is 11.6. The molecule has 0 radical (unpaired) electrons. The first-order chi connectivity index (χ1) is 7.26. The van der Waals surface area contributed by atoms with Crippen LogP contribution in [0.15, 0.2) is 0 Å². The number of rotatable bonds is 6. The van der Waals surface area contributed by atoms with Crippen molar-refractivity contribution in [1.82, 2.24) is 5.32 Å².